The van der Waals surface area contributed by atoms with Crippen LogP contribution in [0.5, 0.6) is 11.6 Å². The van der Waals surface area contributed by atoms with Crippen molar-refractivity contribution in [2.75, 3.05) is 19.9 Å². The molecule has 0 radical (unpaired) electrons. The van der Waals surface area contributed by atoms with Crippen LogP contribution >= 0.6 is 0 Å². The lowest BCUT2D eigenvalue weighted by atomic mass is 10.00. The van der Waals surface area contributed by atoms with E-state index in [2.05, 4.69) is 10.1 Å². The molecule has 11 nitrogen and oxygen atoms in total. The van der Waals surface area contributed by atoms with Crippen molar-refractivity contribution in [3.8, 4) is 22.8 Å². The maximum Gasteiger partial charge on any atom is 0.410 e. The summed E-state index contributed by atoms with van der Waals surface area (Å²) in [5, 5.41) is 14.0. The number of rotatable bonds is 9. The molecule has 1 atom stereocenters. The number of aromatic carboxylic acids is 1. The molecule has 0 saturated heterocycles. The molecule has 0 spiro atoms. The number of ether oxygens (including phenoxy) is 3. The Morgan fingerprint density at radius 1 is 1.26 bits per heavy atom. The third-order valence-electron chi connectivity index (χ3n) is 5.82. The smallest absolute Gasteiger partial charge is 0.410 e. The quantitative estimate of drug-likeness (QED) is 0.389. The standard InChI is InChI=1S/C27H34FN5O6/c1-8-20(17-10-9-16(28)12-18(17)25(34)35)38-21-11-15(13-30-23(21)29)22-19(33(6)31-24(22)37-7)14-32(5)26(36)39-27(2,3)4/h9-13,20H,8,14H2,1-7H3,(H2,29,30)(H,34,35). The molecule has 2 heterocycles. The predicted molar refractivity (Wildman–Crippen MR) is 142 cm³/mol. The topological polar surface area (TPSA) is 142 Å². The number of aromatic nitrogens is 3. The number of methoxy groups -OCH3 is 1. The maximum absolute atomic E-state index is 13.8. The molecule has 12 heteroatoms. The first kappa shape index (κ1) is 29.2. The van der Waals surface area contributed by atoms with Crippen LogP contribution in [0.1, 0.15) is 61.8 Å². The lowest BCUT2D eigenvalue weighted by Crippen LogP contribution is -2.34. The summed E-state index contributed by atoms with van der Waals surface area (Å²) in [6.07, 6.45) is 0.648. The number of benzene rings is 1. The molecule has 0 aliphatic heterocycles. The molecular weight excluding hydrogens is 509 g/mol. The number of carbonyl (C=O) groups excluding carboxylic acids is 1. The fourth-order valence-corrected chi connectivity index (χ4v) is 3.98. The number of nitrogen functional groups attached to an aromatic ring is 1. The molecular formula is C27H34FN5O6. The molecule has 39 heavy (non-hydrogen) atoms. The predicted octanol–water partition coefficient (Wildman–Crippen LogP) is 4.81. The Bertz CT molecular complexity index is 1370. The van der Waals surface area contributed by atoms with E-state index in [1.807, 2.05) is 6.92 Å². The van der Waals surface area contributed by atoms with Crippen LogP contribution < -0.4 is 15.2 Å². The number of carboxylic acid groups (broad SMARTS) is 1. The van der Waals surface area contributed by atoms with Gasteiger partial charge in [-0.1, -0.05) is 13.0 Å². The lowest BCUT2D eigenvalue weighted by Gasteiger charge is -2.25. The van der Waals surface area contributed by atoms with E-state index in [0.717, 1.165) is 6.07 Å². The Kier molecular flexibility index (Phi) is 8.68. The number of aryl methyl sites for hydroxylation is 1. The highest BCUT2D eigenvalue weighted by molar-refractivity contribution is 5.89. The number of nitrogens with zero attached hydrogens (tertiary/aromatic N) is 4. The van der Waals surface area contributed by atoms with Crippen LogP contribution in [0, 0.1) is 5.82 Å². The van der Waals surface area contributed by atoms with Gasteiger partial charge < -0.3 is 30.0 Å². The second-order valence-electron chi connectivity index (χ2n) is 9.95. The summed E-state index contributed by atoms with van der Waals surface area (Å²) in [5.74, 6) is -1.38. The van der Waals surface area contributed by atoms with Crippen LogP contribution in [-0.4, -0.2) is 56.6 Å². The van der Waals surface area contributed by atoms with Crippen LogP contribution in [0.2, 0.25) is 0 Å². The van der Waals surface area contributed by atoms with Gasteiger partial charge in [-0.3, -0.25) is 4.68 Å². The monoisotopic (exact) mass is 543 g/mol. The number of hydrogen-bond acceptors (Lipinski definition) is 8. The highest BCUT2D eigenvalue weighted by Crippen LogP contribution is 2.38. The van der Waals surface area contributed by atoms with Crippen LogP contribution in [0.25, 0.3) is 11.1 Å². The molecule has 3 N–H and O–H groups in total. The van der Waals surface area contributed by atoms with Crippen LogP contribution in [0.4, 0.5) is 15.0 Å². The van der Waals surface area contributed by atoms with Gasteiger partial charge in [0.15, 0.2) is 11.6 Å². The summed E-state index contributed by atoms with van der Waals surface area (Å²) in [5.41, 5.74) is 7.31. The van der Waals surface area contributed by atoms with E-state index >= 15 is 0 Å². The Labute approximate surface area is 226 Å². The molecule has 1 aromatic carbocycles. The van der Waals surface area contributed by atoms with Gasteiger partial charge in [0.1, 0.15) is 17.5 Å². The van der Waals surface area contributed by atoms with Crippen molar-refractivity contribution in [3.63, 3.8) is 0 Å². The number of amides is 1. The van der Waals surface area contributed by atoms with E-state index in [1.165, 1.54) is 30.3 Å². The van der Waals surface area contributed by atoms with Crippen molar-refractivity contribution in [1.82, 2.24) is 19.7 Å². The minimum atomic E-state index is -1.27. The van der Waals surface area contributed by atoms with Gasteiger partial charge in [-0.15, -0.1) is 5.10 Å². The van der Waals surface area contributed by atoms with E-state index in [-0.39, 0.29) is 23.7 Å². The zero-order valence-electron chi connectivity index (χ0n) is 23.1. The minimum absolute atomic E-state index is 0.0754. The number of halogens is 1. The number of nitrogens with two attached hydrogens (primary N) is 1. The van der Waals surface area contributed by atoms with E-state index in [0.29, 0.717) is 34.7 Å². The Morgan fingerprint density at radius 3 is 2.54 bits per heavy atom. The van der Waals surface area contributed by atoms with Gasteiger partial charge in [-0.2, -0.15) is 0 Å². The van der Waals surface area contributed by atoms with E-state index in [4.69, 9.17) is 19.9 Å². The van der Waals surface area contributed by atoms with Gasteiger partial charge in [0.05, 0.1) is 30.5 Å². The Morgan fingerprint density at radius 2 is 1.95 bits per heavy atom. The zero-order valence-corrected chi connectivity index (χ0v) is 23.1. The minimum Gasteiger partial charge on any atom is -0.482 e. The Hall–Kier alpha value is -4.35. The summed E-state index contributed by atoms with van der Waals surface area (Å²) in [6, 6.07) is 5.16. The molecule has 0 fully saturated rings. The van der Waals surface area contributed by atoms with Gasteiger partial charge >= 0.3 is 12.1 Å². The molecule has 0 bridgehead atoms. The largest absolute Gasteiger partial charge is 0.482 e. The molecule has 0 saturated carbocycles. The van der Waals surface area contributed by atoms with Crippen molar-refractivity contribution >= 4 is 17.9 Å². The van der Waals surface area contributed by atoms with Crippen molar-refractivity contribution in [1.29, 1.82) is 0 Å². The zero-order chi connectivity index (χ0) is 29.1. The Balaban J connectivity index is 2.02. The highest BCUT2D eigenvalue weighted by atomic mass is 19.1. The van der Waals surface area contributed by atoms with Crippen LogP contribution in [0.15, 0.2) is 30.5 Å². The van der Waals surface area contributed by atoms with Crippen LogP contribution in [0.3, 0.4) is 0 Å². The number of anilines is 1. The van der Waals surface area contributed by atoms with Gasteiger partial charge in [-0.25, -0.2) is 19.0 Å². The first-order valence-corrected chi connectivity index (χ1v) is 12.2. The summed E-state index contributed by atoms with van der Waals surface area (Å²) in [6.45, 7) is 7.31. The molecule has 2 aromatic heterocycles. The summed E-state index contributed by atoms with van der Waals surface area (Å²) in [4.78, 5) is 30.1. The van der Waals surface area contributed by atoms with E-state index in [9.17, 15) is 19.1 Å². The second-order valence-corrected chi connectivity index (χ2v) is 9.95. The number of pyridine rings is 1. The lowest BCUT2D eigenvalue weighted by molar-refractivity contribution is 0.0281. The van der Waals surface area contributed by atoms with Crippen molar-refractivity contribution in [3.05, 3.63) is 53.1 Å². The average molecular weight is 544 g/mol. The normalized spacial score (nSPS) is 12.1. The number of carbonyl (C=O) groups is 2. The van der Waals surface area contributed by atoms with Crippen molar-refractivity contribution in [2.45, 2.75) is 52.4 Å². The molecule has 1 unspecified atom stereocenters. The van der Waals surface area contributed by atoms with Gasteiger partial charge in [0, 0.05) is 31.4 Å². The summed E-state index contributed by atoms with van der Waals surface area (Å²) in [7, 11) is 4.81. The van der Waals surface area contributed by atoms with Gasteiger partial charge in [0.2, 0.25) is 5.88 Å². The molecule has 1 amide bonds. The number of hydrogen-bond donors (Lipinski definition) is 2. The molecule has 0 aliphatic carbocycles. The summed E-state index contributed by atoms with van der Waals surface area (Å²) < 4.78 is 32.5. The highest BCUT2D eigenvalue weighted by Gasteiger charge is 2.26. The molecule has 210 valence electrons. The summed E-state index contributed by atoms with van der Waals surface area (Å²) >= 11 is 0. The third kappa shape index (κ3) is 6.75. The fraction of sp³-hybridized carbons (Fsp3) is 0.407. The molecule has 0 aliphatic rings. The van der Waals surface area contributed by atoms with Gasteiger partial charge in [-0.05, 0) is 45.4 Å². The SMILES string of the molecule is CCC(Oc1cc(-c2c(OC)nn(C)c2CN(C)C(=O)OC(C)(C)C)cnc1N)c1ccc(F)cc1C(=O)O. The van der Waals surface area contributed by atoms with E-state index in [1.54, 1.807) is 45.6 Å². The van der Waals surface area contributed by atoms with Crippen molar-refractivity contribution in [2.24, 2.45) is 7.05 Å². The fourth-order valence-electron chi connectivity index (χ4n) is 3.98. The third-order valence-corrected chi connectivity index (χ3v) is 5.82. The maximum atomic E-state index is 13.8. The second kappa shape index (κ2) is 11.6. The molecule has 3 aromatic rings. The van der Waals surface area contributed by atoms with Crippen molar-refractivity contribution < 1.29 is 33.3 Å². The number of carboxylic acids is 1. The molecule has 3 rings (SSSR count). The van der Waals surface area contributed by atoms with Crippen LogP contribution in [-0.2, 0) is 18.3 Å². The average Bonchev–Trinajstić information content (AvgIpc) is 3.17. The van der Waals surface area contributed by atoms with Gasteiger partial charge in [0.25, 0.3) is 0 Å². The van der Waals surface area contributed by atoms with E-state index < -0.39 is 29.6 Å². The first-order valence-electron chi connectivity index (χ1n) is 12.2. The first-order chi connectivity index (χ1) is 18.2.